The summed E-state index contributed by atoms with van der Waals surface area (Å²) in [6.07, 6.45) is 12.7. The summed E-state index contributed by atoms with van der Waals surface area (Å²) < 4.78 is 25.8. The highest BCUT2D eigenvalue weighted by atomic mass is 32.2. The number of Topliss-reactive ketones (excluding diaryl/α,β-unsaturated/α-hetero) is 4. The first-order valence-electron chi connectivity index (χ1n) is 18.6. The molecule has 3 rings (SSSR count). The van der Waals surface area contributed by atoms with Gasteiger partial charge in [-0.15, -0.1) is 12.3 Å². The summed E-state index contributed by atoms with van der Waals surface area (Å²) in [5.41, 5.74) is -1.39. The predicted octanol–water partition coefficient (Wildman–Crippen LogP) is 6.92. The normalized spacial score (nSPS) is 24.1. The molecule has 1 amide bonds. The molecule has 2 aliphatic carbocycles. The minimum Gasteiger partial charge on any atom is -0.332 e. The van der Waals surface area contributed by atoms with E-state index in [1.807, 2.05) is 27.0 Å². The number of thioether (sulfide) groups is 1. The lowest BCUT2D eigenvalue weighted by molar-refractivity contribution is -0.148. The summed E-state index contributed by atoms with van der Waals surface area (Å²) in [7, 11) is -3.47. The summed E-state index contributed by atoms with van der Waals surface area (Å²) >= 11 is 1.60. The number of likely N-dealkylation sites (tertiary alicyclic amines) is 1. The molecule has 1 heterocycles. The van der Waals surface area contributed by atoms with Gasteiger partial charge in [0.15, 0.2) is 21.4 Å². The molecule has 2 unspecified atom stereocenters. The summed E-state index contributed by atoms with van der Waals surface area (Å²) in [6.45, 7) is 15.5. The number of terminal acetylenes is 1. The number of hydrogen-bond acceptors (Lipinski definition) is 8. The quantitative estimate of drug-likeness (QED) is 0.0846. The van der Waals surface area contributed by atoms with E-state index < -0.39 is 54.9 Å². The molecule has 2 saturated carbocycles. The number of nitrogens with zero attached hydrogens (tertiary/aromatic N) is 1. The summed E-state index contributed by atoms with van der Waals surface area (Å²) in [5, 5.41) is 0. The van der Waals surface area contributed by atoms with Gasteiger partial charge in [-0.3, -0.25) is 24.0 Å². The van der Waals surface area contributed by atoms with Gasteiger partial charge in [-0.05, 0) is 86.5 Å². The number of amides is 1. The predicted molar refractivity (Wildman–Crippen MR) is 201 cm³/mol. The van der Waals surface area contributed by atoms with Crippen LogP contribution in [0.5, 0.6) is 0 Å². The van der Waals surface area contributed by atoms with Gasteiger partial charge < -0.3 is 4.90 Å². The van der Waals surface area contributed by atoms with Crippen LogP contribution in [0.2, 0.25) is 0 Å². The highest BCUT2D eigenvalue weighted by Gasteiger charge is 2.69. The molecule has 0 radical (unpaired) electrons. The number of rotatable bonds is 18. The second-order valence-electron chi connectivity index (χ2n) is 18.2. The standard InChI is InChI=1S/C40H63NO7S2/c1-11-12-17-27(35(45)31(43)18-16-21-49-10)22-32(44)34-33-30(39(33,8)9)25-41(34)36(46)29(37(2,3)4)23-28(42)24-40(19-14-13-15-20-40)26-50(47,48)38(5,6)7/h1,27,29-30,33-34H,12-26H2,2-10H3/t27?,29-,30?,33+,34-/m1/s1. The minimum atomic E-state index is -3.47. The first-order valence-corrected chi connectivity index (χ1v) is 21.6. The van der Waals surface area contributed by atoms with Crippen LogP contribution < -0.4 is 0 Å². The van der Waals surface area contributed by atoms with Gasteiger partial charge in [-0.2, -0.15) is 11.8 Å². The zero-order valence-corrected chi connectivity index (χ0v) is 33.8. The third-order valence-corrected chi connectivity index (χ3v) is 15.6. The molecule has 5 atom stereocenters. The third kappa shape index (κ3) is 9.90. The van der Waals surface area contributed by atoms with Crippen LogP contribution in [-0.2, 0) is 33.8 Å². The third-order valence-electron chi connectivity index (χ3n) is 12.0. The molecule has 1 saturated heterocycles. The van der Waals surface area contributed by atoms with E-state index in [1.165, 1.54) is 0 Å². The highest BCUT2D eigenvalue weighted by Crippen LogP contribution is 2.65. The number of carbonyl (C=O) groups is 5. The lowest BCUT2D eigenvalue weighted by Crippen LogP contribution is -2.51. The van der Waals surface area contributed by atoms with Crippen molar-refractivity contribution in [1.82, 2.24) is 4.90 Å². The molecule has 50 heavy (non-hydrogen) atoms. The maximum atomic E-state index is 14.6. The lowest BCUT2D eigenvalue weighted by atomic mass is 9.70. The number of ketones is 4. The van der Waals surface area contributed by atoms with Crippen LogP contribution in [0, 0.1) is 52.3 Å². The Morgan fingerprint density at radius 2 is 1.60 bits per heavy atom. The molecule has 0 bridgehead atoms. The Bertz CT molecular complexity index is 1440. The van der Waals surface area contributed by atoms with Gasteiger partial charge in [0, 0.05) is 50.5 Å². The SMILES string of the molecule is C#CCCC(CC(=O)[C@@H]1[C@@H]2C(CN1C(=O)[C@@H](CC(=O)CC1(CS(=O)(=O)C(C)(C)C)CCCCC1)C(C)(C)C)C2(C)C)C(=O)C(=O)CCCSC. The number of piperidine rings is 1. The van der Waals surface area contributed by atoms with Gasteiger partial charge in [0.05, 0.1) is 16.5 Å². The Labute approximate surface area is 306 Å². The second kappa shape index (κ2) is 16.4. The fraction of sp³-hybridized carbons (Fsp3) is 0.825. The highest BCUT2D eigenvalue weighted by molar-refractivity contribution is 7.98. The average molecular weight is 734 g/mol. The zero-order valence-electron chi connectivity index (χ0n) is 32.2. The Morgan fingerprint density at radius 1 is 0.980 bits per heavy atom. The van der Waals surface area contributed by atoms with Gasteiger partial charge in [0.1, 0.15) is 5.78 Å². The maximum absolute atomic E-state index is 14.6. The van der Waals surface area contributed by atoms with Crippen molar-refractivity contribution in [3.05, 3.63) is 0 Å². The minimum absolute atomic E-state index is 0.0242. The number of sulfone groups is 1. The zero-order chi connectivity index (χ0) is 37.9. The van der Waals surface area contributed by atoms with Crippen molar-refractivity contribution in [1.29, 1.82) is 0 Å². The summed E-state index contributed by atoms with van der Waals surface area (Å²) in [4.78, 5) is 70.5. The van der Waals surface area contributed by atoms with Crippen molar-refractivity contribution >= 4 is 50.6 Å². The Kier molecular flexibility index (Phi) is 13.9. The average Bonchev–Trinajstić information content (AvgIpc) is 3.31. The smallest absolute Gasteiger partial charge is 0.227 e. The van der Waals surface area contributed by atoms with Crippen LogP contribution in [0.15, 0.2) is 0 Å². The first-order chi connectivity index (χ1) is 23.0. The van der Waals surface area contributed by atoms with E-state index in [-0.39, 0.29) is 79.0 Å². The summed E-state index contributed by atoms with van der Waals surface area (Å²) in [6, 6.07) is -0.739. The van der Waals surface area contributed by atoms with Crippen LogP contribution >= 0.6 is 11.8 Å². The lowest BCUT2D eigenvalue weighted by Gasteiger charge is -2.40. The van der Waals surface area contributed by atoms with Gasteiger partial charge >= 0.3 is 0 Å². The largest absolute Gasteiger partial charge is 0.332 e. The first kappa shape index (κ1) is 42.4. The number of carbonyl (C=O) groups excluding carboxylic acids is 5. The van der Waals surface area contributed by atoms with Crippen molar-refractivity contribution in [2.75, 3.05) is 24.3 Å². The second-order valence-corrected chi connectivity index (χ2v) is 21.9. The van der Waals surface area contributed by atoms with Crippen LogP contribution in [0.4, 0.5) is 0 Å². The van der Waals surface area contributed by atoms with Crippen molar-refractivity contribution in [2.24, 2.45) is 39.9 Å². The molecule has 282 valence electrons. The molecular weight excluding hydrogens is 671 g/mol. The molecule has 0 aromatic heterocycles. The van der Waals surface area contributed by atoms with E-state index >= 15 is 0 Å². The molecule has 10 heteroatoms. The van der Waals surface area contributed by atoms with Gasteiger partial charge in [-0.1, -0.05) is 53.9 Å². The van der Waals surface area contributed by atoms with Crippen LogP contribution in [0.1, 0.15) is 132 Å². The molecular formula is C40H63NO7S2. The molecule has 1 aliphatic heterocycles. The van der Waals surface area contributed by atoms with E-state index in [9.17, 15) is 32.4 Å². The molecule has 0 aromatic carbocycles. The van der Waals surface area contributed by atoms with E-state index in [0.29, 0.717) is 25.8 Å². The molecule has 8 nitrogen and oxygen atoms in total. The molecule has 3 fully saturated rings. The van der Waals surface area contributed by atoms with E-state index in [0.717, 1.165) is 25.0 Å². The molecule has 0 spiro atoms. The monoisotopic (exact) mass is 733 g/mol. The molecule has 0 aromatic rings. The fourth-order valence-electron chi connectivity index (χ4n) is 8.53. The van der Waals surface area contributed by atoms with Crippen molar-refractivity contribution in [3.8, 4) is 12.3 Å². The van der Waals surface area contributed by atoms with Crippen molar-refractivity contribution in [3.63, 3.8) is 0 Å². The van der Waals surface area contributed by atoms with Gasteiger partial charge in [-0.25, -0.2) is 8.42 Å². The molecule has 0 N–H and O–H groups in total. The van der Waals surface area contributed by atoms with Crippen molar-refractivity contribution in [2.45, 2.75) is 143 Å². The Morgan fingerprint density at radius 3 is 2.14 bits per heavy atom. The topological polar surface area (TPSA) is 123 Å². The van der Waals surface area contributed by atoms with Crippen LogP contribution in [0.25, 0.3) is 0 Å². The van der Waals surface area contributed by atoms with E-state index in [4.69, 9.17) is 6.42 Å². The number of fused-ring (bicyclic) bond motifs is 1. The fourth-order valence-corrected chi connectivity index (χ4v) is 10.6. The number of hydrogen-bond donors (Lipinski definition) is 0. The van der Waals surface area contributed by atoms with Crippen molar-refractivity contribution < 1.29 is 32.4 Å². The Hall–Kier alpha value is -1.99. The Balaban J connectivity index is 1.85. The van der Waals surface area contributed by atoms with Crippen LogP contribution in [0.3, 0.4) is 0 Å². The molecule has 3 aliphatic rings. The van der Waals surface area contributed by atoms with E-state index in [1.54, 1.807) is 37.4 Å². The van der Waals surface area contributed by atoms with Crippen LogP contribution in [-0.4, -0.2) is 77.5 Å². The van der Waals surface area contributed by atoms with Gasteiger partial charge in [0.25, 0.3) is 0 Å². The summed E-state index contributed by atoms with van der Waals surface area (Å²) in [5.74, 6) is 0.174. The van der Waals surface area contributed by atoms with Gasteiger partial charge in [0.2, 0.25) is 11.7 Å². The maximum Gasteiger partial charge on any atom is 0.227 e. The van der Waals surface area contributed by atoms with E-state index in [2.05, 4.69) is 19.8 Å².